The van der Waals surface area contributed by atoms with Crippen LogP contribution in [0.15, 0.2) is 24.3 Å². The molecule has 1 aromatic carbocycles. The van der Waals surface area contributed by atoms with Gasteiger partial charge in [-0.25, -0.2) is 9.59 Å². The molecule has 0 amide bonds. The van der Waals surface area contributed by atoms with Crippen LogP contribution in [-0.2, 0) is 28.4 Å². The molecule has 5 rings (SSSR count). The van der Waals surface area contributed by atoms with Crippen LogP contribution in [0.5, 0.6) is 0 Å². The molecular formula is C37H58N2O10. The predicted molar refractivity (Wildman–Crippen MR) is 179 cm³/mol. The Balaban J connectivity index is 1.12. The number of nitrogens with zero attached hydrogens (tertiary/aromatic N) is 2. The van der Waals surface area contributed by atoms with Crippen LogP contribution in [-0.4, -0.2) is 105 Å². The zero-order chi connectivity index (χ0) is 36.0. The molecule has 8 atom stereocenters. The molecule has 12 heteroatoms. The summed E-state index contributed by atoms with van der Waals surface area (Å²) in [5.74, 6) is -2.95. The molecule has 4 aliphatic rings. The van der Waals surface area contributed by atoms with Gasteiger partial charge in [-0.3, -0.25) is 0 Å². The molecule has 4 heterocycles. The SMILES string of the molecule is CCC1(C)CC2(CC(C)(CC)N1O)OCC(COC(=O)c1ccc(C(=O)OCC3COC4(CC(C)(CC)N(O)C(C)(CC)C4C)O3)cc1)O2. The molecule has 4 saturated heterocycles. The summed E-state index contributed by atoms with van der Waals surface area (Å²) in [5.41, 5.74) is -1.51. The number of carbonyl (C=O) groups excluding carboxylic acids is 2. The average molecular weight is 691 g/mol. The molecule has 2 spiro atoms. The number of hydrogen-bond acceptors (Lipinski definition) is 12. The minimum absolute atomic E-state index is 0.0156. The highest BCUT2D eigenvalue weighted by Gasteiger charge is 2.63. The van der Waals surface area contributed by atoms with E-state index >= 15 is 0 Å². The fourth-order valence-electron chi connectivity index (χ4n) is 8.45. The van der Waals surface area contributed by atoms with Gasteiger partial charge in [0.05, 0.1) is 29.9 Å². The lowest BCUT2D eigenvalue weighted by atomic mass is 9.67. The van der Waals surface area contributed by atoms with Crippen LogP contribution in [0.3, 0.4) is 0 Å². The summed E-state index contributed by atoms with van der Waals surface area (Å²) in [6.07, 6.45) is 3.49. The lowest BCUT2D eigenvalue weighted by Gasteiger charge is -2.60. The highest BCUT2D eigenvalue weighted by Crippen LogP contribution is 2.53. The standard InChI is InChI=1S/C37H58N2O10/c1-10-32(6)22-36(23-33(7,11-2)38(32)42)46-20-28(48-36)18-44-30(40)26-14-16-27(17-15-26)31(41)45-19-29-21-47-37(49-29)24-34(8,12-3)39(43)35(9,13-4)25(37)5/h14-17,25,28-29,42-43H,10-13,18-24H2,1-9H3. The molecule has 4 aliphatic heterocycles. The smallest absolute Gasteiger partial charge is 0.338 e. The van der Waals surface area contributed by atoms with E-state index in [9.17, 15) is 20.0 Å². The molecule has 276 valence electrons. The topological polar surface area (TPSA) is 136 Å². The predicted octanol–water partition coefficient (Wildman–Crippen LogP) is 6.11. The number of esters is 2. The molecule has 0 bridgehead atoms. The van der Waals surface area contributed by atoms with E-state index in [2.05, 4.69) is 0 Å². The third-order valence-corrected chi connectivity index (χ3v) is 12.5. The molecule has 8 unspecified atom stereocenters. The van der Waals surface area contributed by atoms with E-state index in [0.29, 0.717) is 43.2 Å². The maximum Gasteiger partial charge on any atom is 0.338 e. The van der Waals surface area contributed by atoms with Crippen molar-refractivity contribution in [1.29, 1.82) is 0 Å². The lowest BCUT2D eigenvalue weighted by Crippen LogP contribution is -2.71. The van der Waals surface area contributed by atoms with Gasteiger partial charge in [0.15, 0.2) is 11.6 Å². The fraction of sp³-hybridized carbons (Fsp3) is 0.784. The molecule has 4 fully saturated rings. The number of carbonyl (C=O) groups is 2. The second-order valence-corrected chi connectivity index (χ2v) is 15.7. The number of ether oxygens (including phenoxy) is 6. The lowest BCUT2D eigenvalue weighted by molar-refractivity contribution is -0.352. The Hall–Kier alpha value is -2.16. The van der Waals surface area contributed by atoms with Gasteiger partial charge in [-0.05, 0) is 77.6 Å². The first-order valence-electron chi connectivity index (χ1n) is 18.0. The van der Waals surface area contributed by atoms with Crippen LogP contribution in [0.25, 0.3) is 0 Å². The molecule has 0 aliphatic carbocycles. The van der Waals surface area contributed by atoms with Crippen LogP contribution in [0, 0.1) is 5.92 Å². The first kappa shape index (κ1) is 38.1. The van der Waals surface area contributed by atoms with Gasteiger partial charge < -0.3 is 38.8 Å². The molecule has 12 nitrogen and oxygen atoms in total. The summed E-state index contributed by atoms with van der Waals surface area (Å²) >= 11 is 0. The van der Waals surface area contributed by atoms with Crippen LogP contribution in [0.1, 0.15) is 128 Å². The largest absolute Gasteiger partial charge is 0.459 e. The molecule has 0 aromatic heterocycles. The zero-order valence-electron chi connectivity index (χ0n) is 30.9. The molecule has 0 saturated carbocycles. The van der Waals surface area contributed by atoms with Crippen molar-refractivity contribution < 1.29 is 48.4 Å². The van der Waals surface area contributed by atoms with E-state index in [1.54, 1.807) is 0 Å². The molecule has 0 radical (unpaired) electrons. The Kier molecular flexibility index (Phi) is 10.7. The van der Waals surface area contributed by atoms with Gasteiger partial charge in [0.1, 0.15) is 25.4 Å². The van der Waals surface area contributed by atoms with Crippen molar-refractivity contribution >= 4 is 11.9 Å². The third kappa shape index (κ3) is 6.80. The van der Waals surface area contributed by atoms with Gasteiger partial charge in [0.2, 0.25) is 0 Å². The van der Waals surface area contributed by atoms with Crippen molar-refractivity contribution in [3.63, 3.8) is 0 Å². The van der Waals surface area contributed by atoms with E-state index in [-0.39, 0.29) is 32.3 Å². The molecular weight excluding hydrogens is 632 g/mol. The minimum atomic E-state index is -0.896. The number of hydrogen-bond donors (Lipinski definition) is 2. The normalized spacial score (nSPS) is 41.4. The van der Waals surface area contributed by atoms with E-state index < -0.39 is 57.9 Å². The van der Waals surface area contributed by atoms with Crippen molar-refractivity contribution in [2.75, 3.05) is 26.4 Å². The monoisotopic (exact) mass is 690 g/mol. The molecule has 49 heavy (non-hydrogen) atoms. The Morgan fingerprint density at radius 2 is 1.16 bits per heavy atom. The first-order valence-corrected chi connectivity index (χ1v) is 18.0. The van der Waals surface area contributed by atoms with Crippen molar-refractivity contribution in [2.45, 2.75) is 153 Å². The van der Waals surface area contributed by atoms with Gasteiger partial charge in [0.25, 0.3) is 0 Å². The highest BCUT2D eigenvalue weighted by molar-refractivity contribution is 5.93. The van der Waals surface area contributed by atoms with E-state index in [1.807, 2.05) is 62.3 Å². The van der Waals surface area contributed by atoms with Crippen molar-refractivity contribution in [1.82, 2.24) is 10.1 Å². The highest BCUT2D eigenvalue weighted by atomic mass is 16.8. The Morgan fingerprint density at radius 3 is 1.63 bits per heavy atom. The molecule has 1 aromatic rings. The van der Waals surface area contributed by atoms with Gasteiger partial charge in [-0.1, -0.05) is 34.6 Å². The second-order valence-electron chi connectivity index (χ2n) is 15.7. The van der Waals surface area contributed by atoms with E-state index in [1.165, 1.54) is 34.4 Å². The maximum absolute atomic E-state index is 12.9. The van der Waals surface area contributed by atoms with Crippen LogP contribution < -0.4 is 0 Å². The number of rotatable bonds is 10. The number of hydroxylamine groups is 4. The summed E-state index contributed by atoms with van der Waals surface area (Å²) in [4.78, 5) is 25.8. The minimum Gasteiger partial charge on any atom is -0.459 e. The Bertz CT molecular complexity index is 1340. The van der Waals surface area contributed by atoms with Gasteiger partial charge in [-0.15, -0.1) is 0 Å². The van der Waals surface area contributed by atoms with Gasteiger partial charge in [0, 0.05) is 41.8 Å². The van der Waals surface area contributed by atoms with Crippen molar-refractivity contribution in [3.8, 4) is 0 Å². The summed E-state index contributed by atoms with van der Waals surface area (Å²) < 4.78 is 36.6. The summed E-state index contributed by atoms with van der Waals surface area (Å²) in [6, 6.07) is 6.15. The van der Waals surface area contributed by atoms with Crippen molar-refractivity contribution in [3.05, 3.63) is 35.4 Å². The quantitative estimate of drug-likeness (QED) is 0.274. The van der Waals surface area contributed by atoms with Gasteiger partial charge in [-0.2, -0.15) is 10.1 Å². The van der Waals surface area contributed by atoms with Gasteiger partial charge >= 0.3 is 11.9 Å². The number of piperidine rings is 2. The molecule has 2 N–H and O–H groups in total. The Labute approximate surface area is 291 Å². The number of benzene rings is 1. The van der Waals surface area contributed by atoms with E-state index in [4.69, 9.17) is 28.4 Å². The summed E-state index contributed by atoms with van der Waals surface area (Å²) in [6.45, 7) is 18.9. The van der Waals surface area contributed by atoms with Crippen LogP contribution in [0.2, 0.25) is 0 Å². The zero-order valence-corrected chi connectivity index (χ0v) is 30.9. The maximum atomic E-state index is 12.9. The fourth-order valence-corrected chi connectivity index (χ4v) is 8.45. The second kappa shape index (κ2) is 13.8. The first-order chi connectivity index (χ1) is 23.0. The van der Waals surface area contributed by atoms with Crippen LogP contribution >= 0.6 is 0 Å². The van der Waals surface area contributed by atoms with Crippen molar-refractivity contribution in [2.24, 2.45) is 5.92 Å². The summed E-state index contributed by atoms with van der Waals surface area (Å²) in [5, 5.41) is 25.1. The van der Waals surface area contributed by atoms with E-state index in [0.717, 1.165) is 12.8 Å². The third-order valence-electron chi connectivity index (χ3n) is 12.5. The Morgan fingerprint density at radius 1 is 0.714 bits per heavy atom. The van der Waals surface area contributed by atoms with Crippen LogP contribution in [0.4, 0.5) is 0 Å². The average Bonchev–Trinajstić information content (AvgIpc) is 3.70. The summed E-state index contributed by atoms with van der Waals surface area (Å²) in [7, 11) is 0.